The highest BCUT2D eigenvalue weighted by molar-refractivity contribution is 7.89. The Bertz CT molecular complexity index is 256. The smallest absolute Gasteiger partial charge is 0.214 e. The fourth-order valence-corrected chi connectivity index (χ4v) is 2.30. The predicted molar refractivity (Wildman–Crippen MR) is 59.4 cm³/mol. The van der Waals surface area contributed by atoms with Crippen LogP contribution in [0.15, 0.2) is 0 Å². The second-order valence-electron chi connectivity index (χ2n) is 4.28. The fraction of sp³-hybridized carbons (Fsp3) is 1.00. The Morgan fingerprint density at radius 1 is 1.13 bits per heavy atom. The molecule has 5 nitrogen and oxygen atoms in total. The van der Waals surface area contributed by atoms with Crippen LogP contribution in [-0.2, 0) is 19.5 Å². The Labute approximate surface area is 92.2 Å². The number of methoxy groups -OCH3 is 1. The zero-order valence-corrected chi connectivity index (χ0v) is 10.7. The van der Waals surface area contributed by atoms with E-state index in [1.54, 1.807) is 27.9 Å². The number of rotatable bonds is 7. The van der Waals surface area contributed by atoms with Gasteiger partial charge >= 0.3 is 0 Å². The maximum Gasteiger partial charge on any atom is 0.214 e. The average Bonchev–Trinajstić information content (AvgIpc) is 1.99. The summed E-state index contributed by atoms with van der Waals surface area (Å²) >= 11 is 0. The van der Waals surface area contributed by atoms with Crippen molar-refractivity contribution < 1.29 is 17.9 Å². The van der Waals surface area contributed by atoms with Crippen molar-refractivity contribution in [2.75, 3.05) is 32.7 Å². The monoisotopic (exact) mass is 239 g/mol. The van der Waals surface area contributed by atoms with Gasteiger partial charge < -0.3 is 9.47 Å². The number of sulfonamides is 1. The van der Waals surface area contributed by atoms with Gasteiger partial charge in [-0.05, 0) is 20.8 Å². The molecule has 15 heavy (non-hydrogen) atoms. The van der Waals surface area contributed by atoms with Gasteiger partial charge in [-0.2, -0.15) is 0 Å². The molecule has 0 aliphatic heterocycles. The van der Waals surface area contributed by atoms with Crippen LogP contribution >= 0.6 is 0 Å². The Hall–Kier alpha value is -0.170. The topological polar surface area (TPSA) is 64.6 Å². The second-order valence-corrected chi connectivity index (χ2v) is 6.12. The van der Waals surface area contributed by atoms with Crippen molar-refractivity contribution in [1.29, 1.82) is 0 Å². The largest absolute Gasteiger partial charge is 0.382 e. The van der Waals surface area contributed by atoms with Crippen LogP contribution in [0.25, 0.3) is 0 Å². The third-order valence-corrected chi connectivity index (χ3v) is 3.02. The summed E-state index contributed by atoms with van der Waals surface area (Å²) in [5.74, 6) is -0.0199. The van der Waals surface area contributed by atoms with Gasteiger partial charge in [0, 0.05) is 12.6 Å². The van der Waals surface area contributed by atoms with E-state index in [0.29, 0.717) is 13.2 Å². The summed E-state index contributed by atoms with van der Waals surface area (Å²) in [4.78, 5) is 0. The normalized spacial score (nSPS) is 13.1. The molecule has 0 bridgehead atoms. The molecule has 0 fully saturated rings. The first-order valence-corrected chi connectivity index (χ1v) is 6.50. The van der Waals surface area contributed by atoms with Crippen LogP contribution < -0.4 is 4.72 Å². The van der Waals surface area contributed by atoms with Crippen molar-refractivity contribution >= 4 is 10.0 Å². The van der Waals surface area contributed by atoms with Crippen LogP contribution in [0.3, 0.4) is 0 Å². The average molecular weight is 239 g/mol. The zero-order chi connectivity index (χ0) is 11.9. The summed E-state index contributed by atoms with van der Waals surface area (Å²) in [6.07, 6.45) is 0. The number of hydrogen-bond donors (Lipinski definition) is 1. The number of hydrogen-bond acceptors (Lipinski definition) is 4. The molecule has 0 radical (unpaired) electrons. The Morgan fingerprint density at radius 2 is 1.73 bits per heavy atom. The Morgan fingerprint density at radius 3 is 2.20 bits per heavy atom. The van der Waals surface area contributed by atoms with Gasteiger partial charge in [-0.1, -0.05) is 0 Å². The van der Waals surface area contributed by atoms with Gasteiger partial charge in [0.1, 0.15) is 0 Å². The van der Waals surface area contributed by atoms with Crippen LogP contribution in [-0.4, -0.2) is 46.6 Å². The minimum atomic E-state index is -3.24. The van der Waals surface area contributed by atoms with E-state index in [-0.39, 0.29) is 12.4 Å². The van der Waals surface area contributed by atoms with Crippen molar-refractivity contribution in [2.24, 2.45) is 0 Å². The van der Waals surface area contributed by atoms with Gasteiger partial charge in [-0.25, -0.2) is 13.1 Å². The first-order chi connectivity index (χ1) is 6.77. The molecule has 0 saturated heterocycles. The van der Waals surface area contributed by atoms with E-state index in [4.69, 9.17) is 9.47 Å². The lowest BCUT2D eigenvalue weighted by Crippen LogP contribution is -2.42. The van der Waals surface area contributed by atoms with Crippen molar-refractivity contribution in [2.45, 2.75) is 26.3 Å². The summed E-state index contributed by atoms with van der Waals surface area (Å²) in [6.45, 7) is 6.49. The lowest BCUT2D eigenvalue weighted by molar-refractivity contribution is 0.0784. The first-order valence-electron chi connectivity index (χ1n) is 4.85. The maximum absolute atomic E-state index is 11.5. The molecule has 1 N–H and O–H groups in total. The third-order valence-electron chi connectivity index (χ3n) is 1.39. The molecule has 0 unspecified atom stereocenters. The third kappa shape index (κ3) is 10.1. The van der Waals surface area contributed by atoms with Gasteiger partial charge in [0.05, 0.1) is 25.6 Å². The first kappa shape index (κ1) is 14.8. The van der Waals surface area contributed by atoms with E-state index in [2.05, 4.69) is 4.72 Å². The van der Waals surface area contributed by atoms with Crippen LogP contribution in [0, 0.1) is 0 Å². The van der Waals surface area contributed by atoms with Crippen LogP contribution in [0.2, 0.25) is 0 Å². The van der Waals surface area contributed by atoms with Gasteiger partial charge in [-0.3, -0.25) is 0 Å². The number of nitrogens with one attached hydrogen (secondary N) is 1. The molecule has 0 aromatic rings. The SMILES string of the molecule is COCCOCCS(=O)(=O)NC(C)(C)C. The maximum atomic E-state index is 11.5. The molecule has 6 heteroatoms. The van der Waals surface area contributed by atoms with E-state index in [1.807, 2.05) is 0 Å². The van der Waals surface area contributed by atoms with Crippen molar-refractivity contribution in [3.8, 4) is 0 Å². The molecule has 0 aromatic carbocycles. The Kier molecular flexibility index (Phi) is 6.35. The molecular formula is C9H21NO4S. The summed E-state index contributed by atoms with van der Waals surface area (Å²) in [6, 6.07) is 0. The summed E-state index contributed by atoms with van der Waals surface area (Å²) < 4.78 is 35.3. The summed E-state index contributed by atoms with van der Waals surface area (Å²) in [5.41, 5.74) is -0.439. The molecule has 0 spiro atoms. The van der Waals surface area contributed by atoms with Crippen LogP contribution in [0.5, 0.6) is 0 Å². The van der Waals surface area contributed by atoms with Gasteiger partial charge in [0.25, 0.3) is 0 Å². The highest BCUT2D eigenvalue weighted by Gasteiger charge is 2.19. The molecule has 0 amide bonds. The highest BCUT2D eigenvalue weighted by Crippen LogP contribution is 2.01. The van der Waals surface area contributed by atoms with E-state index < -0.39 is 15.6 Å². The predicted octanol–water partition coefficient (Wildman–Crippen LogP) is 0.367. The standard InChI is InChI=1S/C9H21NO4S/c1-9(2,3)10-15(11,12)8-7-14-6-5-13-4/h10H,5-8H2,1-4H3. The molecule has 0 rings (SSSR count). The molecule has 0 saturated carbocycles. The van der Waals surface area contributed by atoms with Crippen LogP contribution in [0.1, 0.15) is 20.8 Å². The number of ether oxygens (including phenoxy) is 2. The molecule has 0 heterocycles. The van der Waals surface area contributed by atoms with Crippen molar-refractivity contribution in [1.82, 2.24) is 4.72 Å². The zero-order valence-electron chi connectivity index (χ0n) is 9.87. The van der Waals surface area contributed by atoms with Gasteiger partial charge in [0.2, 0.25) is 10.0 Å². The van der Waals surface area contributed by atoms with E-state index in [9.17, 15) is 8.42 Å². The summed E-state index contributed by atoms with van der Waals surface area (Å²) in [7, 11) is -1.67. The fourth-order valence-electron chi connectivity index (χ4n) is 0.930. The lowest BCUT2D eigenvalue weighted by Gasteiger charge is -2.20. The van der Waals surface area contributed by atoms with E-state index in [1.165, 1.54) is 0 Å². The van der Waals surface area contributed by atoms with E-state index in [0.717, 1.165) is 0 Å². The van der Waals surface area contributed by atoms with Crippen molar-refractivity contribution in [3.63, 3.8) is 0 Å². The molecule has 92 valence electrons. The Balaban J connectivity index is 3.76. The molecule has 0 aliphatic carbocycles. The molecule has 0 aromatic heterocycles. The lowest BCUT2D eigenvalue weighted by atomic mass is 10.1. The molecule has 0 aliphatic rings. The van der Waals surface area contributed by atoms with Crippen LogP contribution in [0.4, 0.5) is 0 Å². The second kappa shape index (κ2) is 6.42. The minimum absolute atomic E-state index is 0.0199. The van der Waals surface area contributed by atoms with E-state index >= 15 is 0 Å². The highest BCUT2D eigenvalue weighted by atomic mass is 32.2. The van der Waals surface area contributed by atoms with Gasteiger partial charge in [-0.15, -0.1) is 0 Å². The quantitative estimate of drug-likeness (QED) is 0.652. The molecular weight excluding hydrogens is 218 g/mol. The van der Waals surface area contributed by atoms with Crippen molar-refractivity contribution in [3.05, 3.63) is 0 Å². The van der Waals surface area contributed by atoms with Gasteiger partial charge in [0.15, 0.2) is 0 Å². The molecule has 0 atom stereocenters. The summed E-state index contributed by atoms with van der Waals surface area (Å²) in [5, 5.41) is 0. The minimum Gasteiger partial charge on any atom is -0.382 e.